The minimum absolute atomic E-state index is 0.118. The number of aromatic nitrogens is 5. The number of likely N-dealkylation sites (tertiary alicyclic amines) is 1. The molecule has 4 aromatic heterocycles. The van der Waals surface area contributed by atoms with Crippen molar-refractivity contribution in [3.63, 3.8) is 0 Å². The maximum atomic E-state index is 12.8. The van der Waals surface area contributed by atoms with E-state index in [0.717, 1.165) is 72.4 Å². The lowest BCUT2D eigenvalue weighted by atomic mass is 9.79. The van der Waals surface area contributed by atoms with Gasteiger partial charge in [-0.25, -0.2) is 14.3 Å². The molecule has 0 spiro atoms. The highest BCUT2D eigenvalue weighted by atomic mass is 16.6. The number of carbonyl (C=O) groups is 2. The minimum Gasteiger partial charge on any atom is -0.444 e. The number of hydrogen-bond donors (Lipinski definition) is 1. The van der Waals surface area contributed by atoms with E-state index in [-0.39, 0.29) is 29.5 Å². The highest BCUT2D eigenvalue weighted by Crippen LogP contribution is 2.36. The quantitative estimate of drug-likeness (QED) is 0.275. The van der Waals surface area contributed by atoms with Crippen molar-refractivity contribution in [2.75, 3.05) is 31.1 Å². The summed E-state index contributed by atoms with van der Waals surface area (Å²) >= 11 is 0. The number of piperidine rings is 2. The Hall–Kier alpha value is -4.92. The van der Waals surface area contributed by atoms with Crippen LogP contribution in [-0.4, -0.2) is 79.1 Å². The lowest BCUT2D eigenvalue weighted by Crippen LogP contribution is -2.49. The van der Waals surface area contributed by atoms with Crippen LogP contribution in [0.4, 0.5) is 10.6 Å². The Bertz CT molecular complexity index is 1830. The first kappa shape index (κ1) is 33.0. The summed E-state index contributed by atoms with van der Waals surface area (Å²) in [5, 5.41) is 22.2. The zero-order valence-electron chi connectivity index (χ0n) is 28.7. The fourth-order valence-electron chi connectivity index (χ4n) is 6.53. The van der Waals surface area contributed by atoms with Crippen molar-refractivity contribution in [3.8, 4) is 28.3 Å². The van der Waals surface area contributed by atoms with E-state index >= 15 is 0 Å². The summed E-state index contributed by atoms with van der Waals surface area (Å²) in [6.45, 7) is 14.4. The fraction of sp³-hybridized carbons (Fsp3) is 0.500. The van der Waals surface area contributed by atoms with E-state index in [2.05, 4.69) is 27.5 Å². The maximum absolute atomic E-state index is 12.8. The van der Waals surface area contributed by atoms with E-state index in [0.29, 0.717) is 18.7 Å². The Morgan fingerprint density at radius 2 is 1.73 bits per heavy atom. The molecule has 48 heavy (non-hydrogen) atoms. The summed E-state index contributed by atoms with van der Waals surface area (Å²) in [5.74, 6) is 0.984. The minimum atomic E-state index is -0.519. The van der Waals surface area contributed by atoms with Crippen LogP contribution in [0, 0.1) is 16.7 Å². The summed E-state index contributed by atoms with van der Waals surface area (Å²) in [4.78, 5) is 34.2. The standard InChI is InChI=1S/C36H45N9O3/c1-24(2)41-33(46)36(6)11-15-42(16-12-36)31-8-7-25(19-38-31)30-17-26(22-45-32(30)27(18-37)20-40-45)28-21-39-44(23-28)29-9-13-43(14-10-29)34(47)48-35(3,4)5/h7-8,17,19-24,29H,9-16H2,1-6H3,(H,41,46). The third-order valence-corrected chi connectivity index (χ3v) is 9.38. The molecular formula is C36H45N9O3. The van der Waals surface area contributed by atoms with Crippen LogP contribution >= 0.6 is 0 Å². The predicted octanol–water partition coefficient (Wildman–Crippen LogP) is 5.83. The number of fused-ring (bicyclic) bond motifs is 1. The summed E-state index contributed by atoms with van der Waals surface area (Å²) < 4.78 is 9.29. The average molecular weight is 652 g/mol. The van der Waals surface area contributed by atoms with Gasteiger partial charge in [0.15, 0.2) is 0 Å². The smallest absolute Gasteiger partial charge is 0.410 e. The number of pyridine rings is 2. The second-order valence-corrected chi connectivity index (χ2v) is 14.6. The van der Waals surface area contributed by atoms with Crippen molar-refractivity contribution >= 4 is 23.3 Å². The van der Waals surface area contributed by atoms with Gasteiger partial charge in [0, 0.05) is 78.5 Å². The topological polar surface area (TPSA) is 134 Å². The molecule has 2 fully saturated rings. The highest BCUT2D eigenvalue weighted by Gasteiger charge is 2.37. The largest absolute Gasteiger partial charge is 0.444 e. The second-order valence-electron chi connectivity index (χ2n) is 14.6. The number of carbonyl (C=O) groups excluding carboxylic acids is 2. The first-order valence-electron chi connectivity index (χ1n) is 16.8. The van der Waals surface area contributed by atoms with Crippen LogP contribution in [0.2, 0.25) is 0 Å². The fourth-order valence-corrected chi connectivity index (χ4v) is 6.53. The number of hydrogen-bond acceptors (Lipinski definition) is 8. The van der Waals surface area contributed by atoms with E-state index in [4.69, 9.17) is 14.8 Å². The molecule has 12 nitrogen and oxygen atoms in total. The number of nitrogens with zero attached hydrogens (tertiary/aromatic N) is 8. The molecule has 2 saturated heterocycles. The molecular weight excluding hydrogens is 606 g/mol. The van der Waals surface area contributed by atoms with E-state index in [1.165, 1.54) is 0 Å². The van der Waals surface area contributed by atoms with E-state index in [9.17, 15) is 14.9 Å². The number of ether oxygens (including phenoxy) is 1. The van der Waals surface area contributed by atoms with Crippen molar-refractivity contribution in [1.82, 2.24) is 34.6 Å². The van der Waals surface area contributed by atoms with Gasteiger partial charge in [-0.2, -0.15) is 15.5 Å². The molecule has 1 N–H and O–H groups in total. The monoisotopic (exact) mass is 651 g/mol. The van der Waals surface area contributed by atoms with Gasteiger partial charge in [0.05, 0.1) is 29.5 Å². The normalized spacial score (nSPS) is 17.0. The Morgan fingerprint density at radius 3 is 2.35 bits per heavy atom. The number of amides is 2. The lowest BCUT2D eigenvalue weighted by Gasteiger charge is -2.39. The molecule has 6 heterocycles. The molecule has 6 rings (SSSR count). The molecule has 0 unspecified atom stereocenters. The van der Waals surface area contributed by atoms with Gasteiger partial charge in [0.2, 0.25) is 5.91 Å². The van der Waals surface area contributed by atoms with E-state index in [1.54, 1.807) is 15.6 Å². The van der Waals surface area contributed by atoms with Gasteiger partial charge in [-0.1, -0.05) is 6.92 Å². The molecule has 4 aromatic rings. The van der Waals surface area contributed by atoms with Crippen molar-refractivity contribution in [1.29, 1.82) is 5.26 Å². The average Bonchev–Trinajstić information content (AvgIpc) is 3.72. The van der Waals surface area contributed by atoms with Gasteiger partial charge in [-0.05, 0) is 78.5 Å². The van der Waals surface area contributed by atoms with E-state index < -0.39 is 5.60 Å². The Labute approximate surface area is 281 Å². The van der Waals surface area contributed by atoms with Gasteiger partial charge in [-0.3, -0.25) is 9.48 Å². The number of rotatable bonds is 6. The van der Waals surface area contributed by atoms with Gasteiger partial charge in [0.1, 0.15) is 17.5 Å². The molecule has 0 saturated carbocycles. The summed E-state index contributed by atoms with van der Waals surface area (Å²) in [5.41, 5.74) is 3.90. The second kappa shape index (κ2) is 12.9. The lowest BCUT2D eigenvalue weighted by molar-refractivity contribution is -0.131. The maximum Gasteiger partial charge on any atom is 0.410 e. The molecule has 252 valence electrons. The number of nitrogens with one attached hydrogen (secondary N) is 1. The van der Waals surface area contributed by atoms with Gasteiger partial charge < -0.3 is 19.9 Å². The third-order valence-electron chi connectivity index (χ3n) is 9.38. The predicted molar refractivity (Wildman–Crippen MR) is 183 cm³/mol. The Morgan fingerprint density at radius 1 is 1.00 bits per heavy atom. The van der Waals surface area contributed by atoms with Crippen LogP contribution in [0.5, 0.6) is 0 Å². The van der Waals surface area contributed by atoms with E-state index in [1.807, 2.05) is 83.1 Å². The number of nitriles is 1. The highest BCUT2D eigenvalue weighted by molar-refractivity contribution is 5.87. The van der Waals surface area contributed by atoms with Crippen LogP contribution in [0.15, 0.2) is 49.2 Å². The van der Waals surface area contributed by atoms with Gasteiger partial charge in [0.25, 0.3) is 0 Å². The Balaban J connectivity index is 1.20. The van der Waals surface area contributed by atoms with Crippen LogP contribution in [-0.2, 0) is 9.53 Å². The van der Waals surface area contributed by atoms with Crippen molar-refractivity contribution in [3.05, 3.63) is 54.7 Å². The first-order valence-corrected chi connectivity index (χ1v) is 16.8. The molecule has 0 aliphatic carbocycles. The number of anilines is 1. The van der Waals surface area contributed by atoms with Crippen LogP contribution in [0.3, 0.4) is 0 Å². The molecule has 0 aromatic carbocycles. The third kappa shape index (κ3) is 6.86. The molecule has 0 bridgehead atoms. The van der Waals surface area contributed by atoms with Crippen LogP contribution in [0.1, 0.15) is 78.8 Å². The van der Waals surface area contributed by atoms with Crippen molar-refractivity contribution < 1.29 is 14.3 Å². The van der Waals surface area contributed by atoms with Crippen molar-refractivity contribution in [2.24, 2.45) is 5.41 Å². The Kier molecular flexibility index (Phi) is 8.90. The first-order chi connectivity index (χ1) is 22.8. The molecule has 2 amide bonds. The van der Waals surface area contributed by atoms with Crippen molar-refractivity contribution in [2.45, 2.75) is 84.9 Å². The summed E-state index contributed by atoms with van der Waals surface area (Å²) in [6, 6.07) is 8.70. The summed E-state index contributed by atoms with van der Waals surface area (Å²) in [7, 11) is 0. The molecule has 2 aliphatic rings. The zero-order valence-corrected chi connectivity index (χ0v) is 28.7. The summed E-state index contributed by atoms with van der Waals surface area (Å²) in [6.07, 6.45) is 12.1. The molecule has 12 heteroatoms. The SMILES string of the molecule is CC(C)NC(=O)C1(C)CCN(c2ccc(-c3cc(-c4cnn(C5CCN(C(=O)OC(C)(C)C)CC5)c4)cn4ncc(C#N)c34)cn2)CC1. The van der Waals surface area contributed by atoms with Gasteiger partial charge >= 0.3 is 6.09 Å². The van der Waals surface area contributed by atoms with Crippen LogP contribution in [0.25, 0.3) is 27.8 Å². The zero-order chi connectivity index (χ0) is 34.2. The van der Waals surface area contributed by atoms with Gasteiger partial charge in [-0.15, -0.1) is 0 Å². The molecule has 0 atom stereocenters. The molecule has 2 aliphatic heterocycles. The van der Waals surface area contributed by atoms with Crippen LogP contribution < -0.4 is 10.2 Å². The molecule has 0 radical (unpaired) electrons.